The number of benzene rings is 1. The second-order valence-corrected chi connectivity index (χ2v) is 4.75. The fourth-order valence-corrected chi connectivity index (χ4v) is 2.37. The molecule has 0 aliphatic carbocycles. The van der Waals surface area contributed by atoms with Gasteiger partial charge in [0, 0.05) is 38.3 Å². The minimum atomic E-state index is 0.420. The molecule has 1 N–H and O–H groups in total. The van der Waals surface area contributed by atoms with Crippen molar-refractivity contribution in [2.75, 3.05) is 32.7 Å². The largest absolute Gasteiger partial charge is 0.508 e. The zero-order valence-corrected chi connectivity index (χ0v) is 10.6. The Kier molecular flexibility index (Phi) is 4.40. The molecule has 1 aromatic rings. The van der Waals surface area contributed by atoms with Gasteiger partial charge in [0.1, 0.15) is 5.75 Å². The van der Waals surface area contributed by atoms with Gasteiger partial charge in [0.15, 0.2) is 0 Å². The molecule has 3 heteroatoms. The smallest absolute Gasteiger partial charge is 0.120 e. The molecule has 0 spiro atoms. The lowest BCUT2D eigenvalue weighted by atomic mass is 10.1. The third-order valence-electron chi connectivity index (χ3n) is 3.39. The Labute approximate surface area is 104 Å². The van der Waals surface area contributed by atoms with Gasteiger partial charge >= 0.3 is 0 Å². The Morgan fingerprint density at radius 2 is 1.71 bits per heavy atom. The van der Waals surface area contributed by atoms with Crippen LogP contribution in [-0.2, 0) is 6.54 Å². The van der Waals surface area contributed by atoms with Crippen molar-refractivity contribution >= 4 is 0 Å². The van der Waals surface area contributed by atoms with Gasteiger partial charge < -0.3 is 10.0 Å². The van der Waals surface area contributed by atoms with E-state index in [0.29, 0.717) is 5.75 Å². The van der Waals surface area contributed by atoms with Crippen molar-refractivity contribution < 1.29 is 5.11 Å². The fourth-order valence-electron chi connectivity index (χ4n) is 2.37. The minimum absolute atomic E-state index is 0.420. The summed E-state index contributed by atoms with van der Waals surface area (Å²) in [5.74, 6) is 0.420. The van der Waals surface area contributed by atoms with Crippen LogP contribution in [0.3, 0.4) is 0 Å². The summed E-state index contributed by atoms with van der Waals surface area (Å²) in [6, 6.07) is 7.64. The van der Waals surface area contributed by atoms with Crippen LogP contribution in [-0.4, -0.2) is 47.6 Å². The van der Waals surface area contributed by atoms with Crippen LogP contribution >= 0.6 is 0 Å². The van der Waals surface area contributed by atoms with Crippen molar-refractivity contribution in [2.24, 2.45) is 0 Å². The van der Waals surface area contributed by atoms with Crippen LogP contribution in [0.25, 0.3) is 0 Å². The quantitative estimate of drug-likeness (QED) is 0.862. The van der Waals surface area contributed by atoms with E-state index in [1.54, 1.807) is 6.07 Å². The second kappa shape index (κ2) is 6.03. The fraction of sp³-hybridized carbons (Fsp3) is 0.571. The number of phenols is 1. The van der Waals surface area contributed by atoms with E-state index in [1.807, 2.05) is 18.2 Å². The summed E-state index contributed by atoms with van der Waals surface area (Å²) >= 11 is 0. The van der Waals surface area contributed by atoms with Crippen LogP contribution in [0.4, 0.5) is 0 Å². The maximum absolute atomic E-state index is 9.74. The number of aromatic hydroxyl groups is 1. The van der Waals surface area contributed by atoms with E-state index < -0.39 is 0 Å². The number of phenolic OH excluding ortho intramolecular Hbond substituents is 1. The first-order valence-corrected chi connectivity index (χ1v) is 6.51. The van der Waals surface area contributed by atoms with Gasteiger partial charge in [-0.15, -0.1) is 0 Å². The summed E-state index contributed by atoms with van der Waals surface area (Å²) < 4.78 is 0. The number of hydrogen-bond acceptors (Lipinski definition) is 3. The van der Waals surface area contributed by atoms with Crippen LogP contribution < -0.4 is 0 Å². The van der Waals surface area contributed by atoms with E-state index >= 15 is 0 Å². The van der Waals surface area contributed by atoms with Gasteiger partial charge in [-0.3, -0.25) is 4.90 Å². The van der Waals surface area contributed by atoms with E-state index in [4.69, 9.17) is 0 Å². The predicted molar refractivity (Wildman–Crippen MR) is 70.1 cm³/mol. The highest BCUT2D eigenvalue weighted by Crippen LogP contribution is 2.18. The van der Waals surface area contributed by atoms with Crippen molar-refractivity contribution in [3.8, 4) is 5.75 Å². The zero-order valence-electron chi connectivity index (χ0n) is 10.6. The Hall–Kier alpha value is -1.06. The Morgan fingerprint density at radius 3 is 2.35 bits per heavy atom. The van der Waals surface area contributed by atoms with Gasteiger partial charge in [-0.2, -0.15) is 0 Å². The first-order valence-electron chi connectivity index (χ1n) is 6.51. The molecule has 1 fully saturated rings. The van der Waals surface area contributed by atoms with Crippen molar-refractivity contribution in [3.63, 3.8) is 0 Å². The van der Waals surface area contributed by atoms with Crippen LogP contribution in [0, 0.1) is 0 Å². The molecule has 0 amide bonds. The Bertz CT molecular complexity index is 346. The van der Waals surface area contributed by atoms with Crippen molar-refractivity contribution in [3.05, 3.63) is 29.8 Å². The third kappa shape index (κ3) is 3.45. The van der Waals surface area contributed by atoms with Crippen LogP contribution in [0.1, 0.15) is 18.9 Å². The lowest BCUT2D eigenvalue weighted by Crippen LogP contribution is -2.45. The van der Waals surface area contributed by atoms with Crippen molar-refractivity contribution in [1.29, 1.82) is 0 Å². The first-order chi connectivity index (χ1) is 8.29. The predicted octanol–water partition coefficient (Wildman–Crippen LogP) is 1.92. The number of para-hydroxylation sites is 1. The summed E-state index contributed by atoms with van der Waals surface area (Å²) in [6.45, 7) is 8.83. The molecule has 0 unspecified atom stereocenters. The maximum Gasteiger partial charge on any atom is 0.120 e. The third-order valence-corrected chi connectivity index (χ3v) is 3.39. The average molecular weight is 234 g/mol. The summed E-state index contributed by atoms with van der Waals surface area (Å²) in [5.41, 5.74) is 1.04. The molecular formula is C14H22N2O. The standard InChI is InChI=1S/C14H22N2O/c1-2-7-15-8-10-16(11-9-15)12-13-5-3-4-6-14(13)17/h3-6,17H,2,7-12H2,1H3. The van der Waals surface area contributed by atoms with Gasteiger partial charge in [0.05, 0.1) is 0 Å². The average Bonchev–Trinajstić information content (AvgIpc) is 2.35. The van der Waals surface area contributed by atoms with Crippen LogP contribution in [0.2, 0.25) is 0 Å². The SMILES string of the molecule is CCCN1CCN(Cc2ccccc2O)CC1. The number of rotatable bonds is 4. The van der Waals surface area contributed by atoms with E-state index in [0.717, 1.165) is 38.3 Å². The summed E-state index contributed by atoms with van der Waals surface area (Å²) in [7, 11) is 0. The van der Waals surface area contributed by atoms with Gasteiger partial charge in [-0.1, -0.05) is 25.1 Å². The van der Waals surface area contributed by atoms with Gasteiger partial charge in [0.25, 0.3) is 0 Å². The summed E-state index contributed by atoms with van der Waals surface area (Å²) in [4.78, 5) is 4.93. The lowest BCUT2D eigenvalue weighted by Gasteiger charge is -2.34. The van der Waals surface area contributed by atoms with Crippen molar-refractivity contribution in [2.45, 2.75) is 19.9 Å². The molecule has 17 heavy (non-hydrogen) atoms. The molecule has 1 aromatic carbocycles. The molecule has 0 aromatic heterocycles. The maximum atomic E-state index is 9.74. The molecule has 1 saturated heterocycles. The molecule has 0 atom stereocenters. The zero-order chi connectivity index (χ0) is 12.1. The molecule has 2 rings (SSSR count). The number of nitrogens with zero attached hydrogens (tertiary/aromatic N) is 2. The Morgan fingerprint density at radius 1 is 1.06 bits per heavy atom. The molecule has 0 radical (unpaired) electrons. The highest BCUT2D eigenvalue weighted by molar-refractivity contribution is 5.31. The normalized spacial score (nSPS) is 18.4. The summed E-state index contributed by atoms with van der Waals surface area (Å²) in [5, 5.41) is 9.74. The molecule has 1 heterocycles. The van der Waals surface area contributed by atoms with E-state index in [1.165, 1.54) is 13.0 Å². The molecule has 0 bridgehead atoms. The van der Waals surface area contributed by atoms with Crippen molar-refractivity contribution in [1.82, 2.24) is 9.80 Å². The molecular weight excluding hydrogens is 212 g/mol. The highest BCUT2D eigenvalue weighted by Gasteiger charge is 2.16. The first kappa shape index (κ1) is 12.4. The molecule has 0 saturated carbocycles. The van der Waals surface area contributed by atoms with Gasteiger partial charge in [0.2, 0.25) is 0 Å². The van der Waals surface area contributed by atoms with Gasteiger partial charge in [-0.05, 0) is 19.0 Å². The number of hydrogen-bond donors (Lipinski definition) is 1. The molecule has 1 aliphatic heterocycles. The molecule has 1 aliphatic rings. The highest BCUT2D eigenvalue weighted by atomic mass is 16.3. The molecule has 3 nitrogen and oxygen atoms in total. The van der Waals surface area contributed by atoms with Crippen LogP contribution in [0.5, 0.6) is 5.75 Å². The lowest BCUT2D eigenvalue weighted by molar-refractivity contribution is 0.126. The van der Waals surface area contributed by atoms with Gasteiger partial charge in [-0.25, -0.2) is 0 Å². The van der Waals surface area contributed by atoms with E-state index in [2.05, 4.69) is 16.7 Å². The monoisotopic (exact) mass is 234 g/mol. The summed E-state index contributed by atoms with van der Waals surface area (Å²) in [6.07, 6.45) is 1.24. The molecule has 94 valence electrons. The topological polar surface area (TPSA) is 26.7 Å². The Balaban J connectivity index is 1.84. The minimum Gasteiger partial charge on any atom is -0.508 e. The second-order valence-electron chi connectivity index (χ2n) is 4.75. The number of piperazine rings is 1. The van der Waals surface area contributed by atoms with Crippen LogP contribution in [0.15, 0.2) is 24.3 Å². The van der Waals surface area contributed by atoms with E-state index in [-0.39, 0.29) is 0 Å². The van der Waals surface area contributed by atoms with E-state index in [9.17, 15) is 5.11 Å².